The Bertz CT molecular complexity index is 432. The van der Waals surface area contributed by atoms with Crippen molar-refractivity contribution in [1.82, 2.24) is 10.2 Å². The molecule has 0 amide bonds. The fourth-order valence-electron chi connectivity index (χ4n) is 2.91. The third kappa shape index (κ3) is 6.62. The van der Waals surface area contributed by atoms with Crippen LogP contribution in [0.15, 0.2) is 18.2 Å². The molecule has 2 nitrogen and oxygen atoms in total. The SMILES string of the molecule is CCCNC(CN(C)CC(C)(C)C)c1cc(C)ccc1C. The van der Waals surface area contributed by atoms with Gasteiger partial charge in [0.25, 0.3) is 0 Å². The molecule has 0 radical (unpaired) electrons. The Hall–Kier alpha value is -0.860. The van der Waals surface area contributed by atoms with Gasteiger partial charge in [0, 0.05) is 19.1 Å². The second-order valence-electron chi connectivity index (χ2n) is 7.62. The smallest absolute Gasteiger partial charge is 0.0451 e. The van der Waals surface area contributed by atoms with Crippen molar-refractivity contribution in [3.8, 4) is 0 Å². The van der Waals surface area contributed by atoms with Crippen molar-refractivity contribution in [2.24, 2.45) is 5.41 Å². The average molecular weight is 290 g/mol. The van der Waals surface area contributed by atoms with Gasteiger partial charge in [-0.1, -0.05) is 51.5 Å². The number of likely N-dealkylation sites (N-methyl/N-ethyl adjacent to an activating group) is 1. The summed E-state index contributed by atoms with van der Waals surface area (Å²) in [5, 5.41) is 3.73. The Kier molecular flexibility index (Phi) is 6.89. The normalized spacial score (nSPS) is 13.7. The molecule has 0 saturated carbocycles. The lowest BCUT2D eigenvalue weighted by molar-refractivity contribution is 0.208. The van der Waals surface area contributed by atoms with Gasteiger partial charge in [-0.15, -0.1) is 0 Å². The first-order valence-corrected chi connectivity index (χ1v) is 8.22. The van der Waals surface area contributed by atoms with Gasteiger partial charge in [0.1, 0.15) is 0 Å². The summed E-state index contributed by atoms with van der Waals surface area (Å²) in [6, 6.07) is 7.20. The molecule has 0 aliphatic heterocycles. The van der Waals surface area contributed by atoms with Crippen LogP contribution in [-0.2, 0) is 0 Å². The lowest BCUT2D eigenvalue weighted by atomic mass is 9.94. The molecule has 1 aromatic carbocycles. The maximum atomic E-state index is 3.73. The molecule has 0 fully saturated rings. The van der Waals surface area contributed by atoms with Gasteiger partial charge in [0.05, 0.1) is 0 Å². The lowest BCUT2D eigenvalue weighted by Crippen LogP contribution is -2.37. The second-order valence-corrected chi connectivity index (χ2v) is 7.62. The first-order valence-electron chi connectivity index (χ1n) is 8.22. The average Bonchev–Trinajstić information content (AvgIpc) is 2.35. The van der Waals surface area contributed by atoms with Gasteiger partial charge in [-0.2, -0.15) is 0 Å². The van der Waals surface area contributed by atoms with E-state index in [4.69, 9.17) is 0 Å². The zero-order chi connectivity index (χ0) is 16.0. The fourth-order valence-corrected chi connectivity index (χ4v) is 2.91. The molecule has 1 unspecified atom stereocenters. The number of aryl methyl sites for hydroxylation is 2. The molecule has 1 aromatic rings. The minimum absolute atomic E-state index is 0.339. The summed E-state index contributed by atoms with van der Waals surface area (Å²) in [4.78, 5) is 2.45. The summed E-state index contributed by atoms with van der Waals surface area (Å²) in [5.74, 6) is 0. The zero-order valence-electron chi connectivity index (χ0n) is 15.1. The van der Waals surface area contributed by atoms with Gasteiger partial charge in [-0.05, 0) is 50.4 Å². The van der Waals surface area contributed by atoms with Crippen molar-refractivity contribution < 1.29 is 0 Å². The molecule has 0 bridgehead atoms. The zero-order valence-corrected chi connectivity index (χ0v) is 15.1. The Balaban J connectivity index is 2.87. The summed E-state index contributed by atoms with van der Waals surface area (Å²) in [7, 11) is 2.23. The maximum absolute atomic E-state index is 3.73. The van der Waals surface area contributed by atoms with Gasteiger partial charge in [0.2, 0.25) is 0 Å². The predicted octanol–water partition coefficient (Wildman–Crippen LogP) is 4.32. The van der Waals surface area contributed by atoms with E-state index in [2.05, 4.69) is 77.0 Å². The Morgan fingerprint density at radius 1 is 1.19 bits per heavy atom. The topological polar surface area (TPSA) is 15.3 Å². The summed E-state index contributed by atoms with van der Waals surface area (Å²) >= 11 is 0. The van der Waals surface area contributed by atoms with E-state index in [1.54, 1.807) is 0 Å². The van der Waals surface area contributed by atoms with Crippen LogP contribution in [0.5, 0.6) is 0 Å². The van der Waals surface area contributed by atoms with Gasteiger partial charge in [-0.25, -0.2) is 0 Å². The van der Waals surface area contributed by atoms with Crippen LogP contribution in [0.3, 0.4) is 0 Å². The van der Waals surface area contributed by atoms with E-state index >= 15 is 0 Å². The minimum atomic E-state index is 0.339. The summed E-state index contributed by atoms with van der Waals surface area (Å²) in [6.45, 7) is 16.8. The number of nitrogens with zero attached hydrogens (tertiary/aromatic N) is 1. The molecule has 2 heteroatoms. The molecule has 0 heterocycles. The van der Waals surface area contributed by atoms with Crippen molar-refractivity contribution in [1.29, 1.82) is 0 Å². The van der Waals surface area contributed by atoms with E-state index in [1.165, 1.54) is 23.1 Å². The number of nitrogens with one attached hydrogen (secondary N) is 1. The van der Waals surface area contributed by atoms with Crippen LogP contribution >= 0.6 is 0 Å². The highest BCUT2D eigenvalue weighted by Crippen LogP contribution is 2.22. The molecular weight excluding hydrogens is 256 g/mol. The summed E-state index contributed by atoms with van der Waals surface area (Å²) in [5.41, 5.74) is 4.52. The highest BCUT2D eigenvalue weighted by Gasteiger charge is 2.19. The van der Waals surface area contributed by atoms with E-state index < -0.39 is 0 Å². The largest absolute Gasteiger partial charge is 0.309 e. The van der Waals surface area contributed by atoms with Crippen LogP contribution in [-0.4, -0.2) is 31.6 Å². The molecule has 0 spiro atoms. The first-order chi connectivity index (χ1) is 9.73. The summed E-state index contributed by atoms with van der Waals surface area (Å²) in [6.07, 6.45) is 1.17. The van der Waals surface area contributed by atoms with Crippen LogP contribution < -0.4 is 5.32 Å². The Morgan fingerprint density at radius 3 is 2.43 bits per heavy atom. The molecule has 120 valence electrons. The molecule has 0 aliphatic carbocycles. The third-order valence-electron chi connectivity index (χ3n) is 3.69. The molecule has 1 atom stereocenters. The van der Waals surface area contributed by atoms with Crippen molar-refractivity contribution in [2.75, 3.05) is 26.7 Å². The molecule has 21 heavy (non-hydrogen) atoms. The molecule has 1 N–H and O–H groups in total. The van der Waals surface area contributed by atoms with E-state index in [-0.39, 0.29) is 0 Å². The van der Waals surface area contributed by atoms with Gasteiger partial charge < -0.3 is 10.2 Å². The summed E-state index contributed by atoms with van der Waals surface area (Å²) < 4.78 is 0. The second kappa shape index (κ2) is 7.95. The fraction of sp³-hybridized carbons (Fsp3) is 0.684. The Labute approximate surface area is 131 Å². The predicted molar refractivity (Wildman–Crippen MR) is 93.9 cm³/mol. The van der Waals surface area contributed by atoms with Crippen molar-refractivity contribution in [3.05, 3.63) is 34.9 Å². The van der Waals surface area contributed by atoms with E-state index in [9.17, 15) is 0 Å². The third-order valence-corrected chi connectivity index (χ3v) is 3.69. The number of rotatable bonds is 7. The van der Waals surface area contributed by atoms with Crippen LogP contribution in [0.25, 0.3) is 0 Å². The van der Waals surface area contributed by atoms with Gasteiger partial charge in [0.15, 0.2) is 0 Å². The van der Waals surface area contributed by atoms with E-state index in [0.717, 1.165) is 19.6 Å². The maximum Gasteiger partial charge on any atom is 0.0451 e. The first kappa shape index (κ1) is 18.2. The van der Waals surface area contributed by atoms with Crippen molar-refractivity contribution in [2.45, 2.75) is 54.0 Å². The molecule has 0 aliphatic rings. The van der Waals surface area contributed by atoms with Gasteiger partial charge in [-0.3, -0.25) is 0 Å². The lowest BCUT2D eigenvalue weighted by Gasteiger charge is -2.31. The van der Waals surface area contributed by atoms with E-state index in [0.29, 0.717) is 11.5 Å². The molecule has 1 rings (SSSR count). The Morgan fingerprint density at radius 2 is 1.86 bits per heavy atom. The molecule has 0 aromatic heterocycles. The highest BCUT2D eigenvalue weighted by molar-refractivity contribution is 5.33. The quantitative estimate of drug-likeness (QED) is 0.804. The van der Waals surface area contributed by atoms with Crippen molar-refractivity contribution in [3.63, 3.8) is 0 Å². The number of benzene rings is 1. The van der Waals surface area contributed by atoms with Gasteiger partial charge >= 0.3 is 0 Å². The van der Waals surface area contributed by atoms with Crippen LogP contribution in [0, 0.1) is 19.3 Å². The molecule has 0 saturated heterocycles. The number of hydrogen-bond acceptors (Lipinski definition) is 2. The highest BCUT2D eigenvalue weighted by atomic mass is 15.1. The number of hydrogen-bond donors (Lipinski definition) is 1. The van der Waals surface area contributed by atoms with Crippen LogP contribution in [0.2, 0.25) is 0 Å². The minimum Gasteiger partial charge on any atom is -0.309 e. The standard InChI is InChI=1S/C19H34N2/c1-8-11-20-18(13-21(7)14-19(4,5)6)17-12-15(2)9-10-16(17)3/h9-10,12,18,20H,8,11,13-14H2,1-7H3. The van der Waals surface area contributed by atoms with Crippen molar-refractivity contribution >= 4 is 0 Å². The van der Waals surface area contributed by atoms with E-state index in [1.807, 2.05) is 0 Å². The molecular formula is C19H34N2. The van der Waals surface area contributed by atoms with Crippen LogP contribution in [0.4, 0.5) is 0 Å². The monoisotopic (exact) mass is 290 g/mol. The van der Waals surface area contributed by atoms with Crippen LogP contribution in [0.1, 0.15) is 56.8 Å².